The number of carbonyl (C=O) groups excluding carboxylic acids is 1. The number of aryl methyl sites for hydroxylation is 1. The van der Waals surface area contributed by atoms with Crippen molar-refractivity contribution in [3.63, 3.8) is 0 Å². The van der Waals surface area contributed by atoms with Gasteiger partial charge in [-0.05, 0) is 34.1 Å². The molecule has 1 aromatic carbocycles. The van der Waals surface area contributed by atoms with Crippen LogP contribution in [-0.2, 0) is 7.05 Å². The van der Waals surface area contributed by atoms with Crippen molar-refractivity contribution in [3.05, 3.63) is 33.4 Å². The number of Topliss-reactive ketones (excluding diaryl/α,β-unsaturated/α-hetero) is 1. The second-order valence-corrected chi connectivity index (χ2v) is 4.67. The van der Waals surface area contributed by atoms with Gasteiger partial charge in [-0.1, -0.05) is 11.6 Å². The first-order chi connectivity index (χ1) is 7.02. The number of nitrogens with zero attached hydrogens (tertiary/aromatic N) is 1. The van der Waals surface area contributed by atoms with E-state index in [4.69, 9.17) is 11.6 Å². The number of hydrogen-bond donors (Lipinski definition) is 0. The van der Waals surface area contributed by atoms with Crippen LogP contribution in [0.5, 0.6) is 0 Å². The predicted octanol–water partition coefficient (Wildman–Crippen LogP) is 3.80. The fourth-order valence-corrected chi connectivity index (χ4v) is 2.80. The Labute approximate surface area is 101 Å². The topological polar surface area (TPSA) is 22.0 Å². The molecule has 0 aliphatic heterocycles. The van der Waals surface area contributed by atoms with Crippen molar-refractivity contribution in [1.29, 1.82) is 0 Å². The molecule has 78 valence electrons. The highest BCUT2D eigenvalue weighted by atomic mass is 79.9. The van der Waals surface area contributed by atoms with Crippen LogP contribution in [0.25, 0.3) is 10.9 Å². The Morgan fingerprint density at radius 1 is 1.47 bits per heavy atom. The molecular weight excluding hydrogens is 277 g/mol. The van der Waals surface area contributed by atoms with Gasteiger partial charge in [0.15, 0.2) is 5.78 Å². The second-order valence-electron chi connectivity index (χ2n) is 3.44. The molecule has 2 aromatic rings. The average molecular weight is 287 g/mol. The van der Waals surface area contributed by atoms with E-state index < -0.39 is 0 Å². The molecule has 0 atom stereocenters. The second kappa shape index (κ2) is 3.65. The predicted molar refractivity (Wildman–Crippen MR) is 65.6 cm³/mol. The van der Waals surface area contributed by atoms with E-state index in [0.29, 0.717) is 10.7 Å². The minimum Gasteiger partial charge on any atom is -0.340 e. The molecule has 0 bridgehead atoms. The van der Waals surface area contributed by atoms with Gasteiger partial charge in [0.05, 0.1) is 10.2 Å². The number of carbonyl (C=O) groups is 1. The lowest BCUT2D eigenvalue weighted by molar-refractivity contribution is 0.101. The fraction of sp³-hybridized carbons (Fsp3) is 0.182. The standard InChI is InChI=1S/C11H9BrClNO/c1-6(15)11-10(12)8-5-7(13)3-4-9(8)14(11)2/h3-5H,1-2H3. The molecular formula is C11H9BrClNO. The molecule has 2 nitrogen and oxygen atoms in total. The molecule has 0 fully saturated rings. The van der Waals surface area contributed by atoms with Crippen molar-refractivity contribution in [2.24, 2.45) is 7.05 Å². The minimum atomic E-state index is 0.0386. The van der Waals surface area contributed by atoms with Gasteiger partial charge in [0.2, 0.25) is 0 Å². The monoisotopic (exact) mass is 285 g/mol. The highest BCUT2D eigenvalue weighted by molar-refractivity contribution is 9.10. The van der Waals surface area contributed by atoms with Crippen molar-refractivity contribution in [3.8, 4) is 0 Å². The van der Waals surface area contributed by atoms with E-state index >= 15 is 0 Å². The number of ketones is 1. The van der Waals surface area contributed by atoms with Crippen molar-refractivity contribution in [2.75, 3.05) is 0 Å². The Balaban J connectivity index is 2.91. The summed E-state index contributed by atoms with van der Waals surface area (Å²) in [5.41, 5.74) is 1.67. The Morgan fingerprint density at radius 2 is 2.13 bits per heavy atom. The third-order valence-electron chi connectivity index (χ3n) is 2.43. The molecule has 0 aliphatic rings. The van der Waals surface area contributed by atoms with Crippen LogP contribution in [0.4, 0.5) is 0 Å². The molecule has 2 rings (SSSR count). The van der Waals surface area contributed by atoms with Crippen molar-refractivity contribution < 1.29 is 4.79 Å². The lowest BCUT2D eigenvalue weighted by atomic mass is 10.2. The molecule has 0 amide bonds. The summed E-state index contributed by atoms with van der Waals surface area (Å²) in [6.07, 6.45) is 0. The number of fused-ring (bicyclic) bond motifs is 1. The van der Waals surface area contributed by atoms with Crippen LogP contribution in [-0.4, -0.2) is 10.4 Å². The maximum absolute atomic E-state index is 11.5. The molecule has 1 heterocycles. The van der Waals surface area contributed by atoms with Gasteiger partial charge in [-0.2, -0.15) is 0 Å². The maximum Gasteiger partial charge on any atom is 0.177 e. The van der Waals surface area contributed by atoms with E-state index in [1.807, 2.05) is 29.8 Å². The van der Waals surface area contributed by atoms with Gasteiger partial charge >= 0.3 is 0 Å². The normalized spacial score (nSPS) is 10.9. The summed E-state index contributed by atoms with van der Waals surface area (Å²) in [7, 11) is 1.87. The third kappa shape index (κ3) is 1.60. The number of rotatable bonds is 1. The summed E-state index contributed by atoms with van der Waals surface area (Å²) in [5, 5.41) is 1.64. The van der Waals surface area contributed by atoms with Crippen molar-refractivity contribution in [2.45, 2.75) is 6.92 Å². The SMILES string of the molecule is CC(=O)c1c(Br)c2cc(Cl)ccc2n1C. The van der Waals surface area contributed by atoms with Gasteiger partial charge in [-0.25, -0.2) is 0 Å². The van der Waals surface area contributed by atoms with Gasteiger partial charge in [-0.15, -0.1) is 0 Å². The van der Waals surface area contributed by atoms with E-state index in [9.17, 15) is 4.79 Å². The van der Waals surface area contributed by atoms with Gasteiger partial charge in [0.25, 0.3) is 0 Å². The molecule has 1 aromatic heterocycles. The zero-order valence-electron chi connectivity index (χ0n) is 8.34. The zero-order chi connectivity index (χ0) is 11.2. The van der Waals surface area contributed by atoms with Crippen LogP contribution >= 0.6 is 27.5 Å². The maximum atomic E-state index is 11.5. The summed E-state index contributed by atoms with van der Waals surface area (Å²) in [6, 6.07) is 5.59. The first kappa shape index (κ1) is 10.7. The lowest BCUT2D eigenvalue weighted by Crippen LogP contribution is -2.01. The van der Waals surface area contributed by atoms with Crippen LogP contribution in [0.15, 0.2) is 22.7 Å². The minimum absolute atomic E-state index is 0.0386. The molecule has 15 heavy (non-hydrogen) atoms. The van der Waals surface area contributed by atoms with Crippen LogP contribution in [0.3, 0.4) is 0 Å². The van der Waals surface area contributed by atoms with E-state index in [1.54, 1.807) is 6.92 Å². The summed E-state index contributed by atoms with van der Waals surface area (Å²) >= 11 is 9.35. The Kier molecular flexibility index (Phi) is 2.61. The van der Waals surface area contributed by atoms with Crippen LogP contribution in [0, 0.1) is 0 Å². The van der Waals surface area contributed by atoms with Crippen LogP contribution in [0.2, 0.25) is 5.02 Å². The fourth-order valence-electron chi connectivity index (χ4n) is 1.76. The van der Waals surface area contributed by atoms with Crippen LogP contribution < -0.4 is 0 Å². The quantitative estimate of drug-likeness (QED) is 0.731. The molecule has 0 aliphatic carbocycles. The molecule has 4 heteroatoms. The lowest BCUT2D eigenvalue weighted by Gasteiger charge is -1.99. The van der Waals surface area contributed by atoms with Gasteiger partial charge in [0.1, 0.15) is 0 Å². The number of aromatic nitrogens is 1. The number of benzene rings is 1. The first-order valence-corrected chi connectivity index (χ1v) is 5.64. The summed E-state index contributed by atoms with van der Waals surface area (Å²) in [5.74, 6) is 0.0386. The molecule has 0 unspecified atom stereocenters. The first-order valence-electron chi connectivity index (χ1n) is 4.46. The smallest absolute Gasteiger partial charge is 0.177 e. The number of halogens is 2. The zero-order valence-corrected chi connectivity index (χ0v) is 10.7. The summed E-state index contributed by atoms with van der Waals surface area (Å²) in [6.45, 7) is 1.56. The molecule has 0 saturated heterocycles. The van der Waals surface area contributed by atoms with E-state index in [1.165, 1.54) is 0 Å². The molecule has 0 spiro atoms. The van der Waals surface area contributed by atoms with Crippen LogP contribution in [0.1, 0.15) is 17.4 Å². The highest BCUT2D eigenvalue weighted by Gasteiger charge is 2.16. The van der Waals surface area contributed by atoms with Gasteiger partial charge in [0, 0.05) is 29.9 Å². The third-order valence-corrected chi connectivity index (χ3v) is 3.47. The highest BCUT2D eigenvalue weighted by Crippen LogP contribution is 2.32. The van der Waals surface area contributed by atoms with Crippen molar-refractivity contribution >= 4 is 44.2 Å². The van der Waals surface area contributed by atoms with E-state index in [0.717, 1.165) is 15.4 Å². The largest absolute Gasteiger partial charge is 0.340 e. The average Bonchev–Trinajstić information content (AvgIpc) is 2.39. The Morgan fingerprint density at radius 3 is 2.73 bits per heavy atom. The van der Waals surface area contributed by atoms with Crippen molar-refractivity contribution in [1.82, 2.24) is 4.57 Å². The van der Waals surface area contributed by atoms with Gasteiger partial charge < -0.3 is 4.57 Å². The number of hydrogen-bond acceptors (Lipinski definition) is 1. The van der Waals surface area contributed by atoms with E-state index in [2.05, 4.69) is 15.9 Å². The Bertz CT molecular complexity index is 559. The van der Waals surface area contributed by atoms with Gasteiger partial charge in [-0.3, -0.25) is 4.79 Å². The summed E-state index contributed by atoms with van der Waals surface area (Å²) < 4.78 is 2.69. The molecule has 0 N–H and O–H groups in total. The Hall–Kier alpha value is -0.800. The molecule has 0 radical (unpaired) electrons. The van der Waals surface area contributed by atoms with E-state index in [-0.39, 0.29) is 5.78 Å². The summed E-state index contributed by atoms with van der Waals surface area (Å²) in [4.78, 5) is 11.5. The molecule has 0 saturated carbocycles.